The maximum atomic E-state index is 12.2. The third-order valence-electron chi connectivity index (χ3n) is 3.73. The van der Waals surface area contributed by atoms with E-state index >= 15 is 0 Å². The van der Waals surface area contributed by atoms with Gasteiger partial charge in [0.25, 0.3) is 5.56 Å². The van der Waals surface area contributed by atoms with Crippen LogP contribution >= 0.6 is 23.1 Å². The number of aromatic amines is 1. The lowest BCUT2D eigenvalue weighted by molar-refractivity contribution is 0.311. The predicted molar refractivity (Wildman–Crippen MR) is 101 cm³/mol. The van der Waals surface area contributed by atoms with Crippen LogP contribution < -0.4 is 5.56 Å². The van der Waals surface area contributed by atoms with Crippen LogP contribution in [0.15, 0.2) is 21.3 Å². The molecule has 0 spiro atoms. The third-order valence-corrected chi connectivity index (χ3v) is 5.61. The van der Waals surface area contributed by atoms with Crippen molar-refractivity contribution in [2.75, 3.05) is 13.3 Å². The molecule has 0 aliphatic carbocycles. The molecule has 0 fully saturated rings. The summed E-state index contributed by atoms with van der Waals surface area (Å²) in [5.41, 5.74) is 2.73. The third kappa shape index (κ3) is 4.10. The van der Waals surface area contributed by atoms with Crippen LogP contribution in [0.2, 0.25) is 0 Å². The molecule has 0 radical (unpaired) electrons. The van der Waals surface area contributed by atoms with Crippen molar-refractivity contribution in [1.29, 1.82) is 0 Å². The number of fused-ring (bicyclic) bond motifs is 1. The molecule has 0 atom stereocenters. The van der Waals surface area contributed by atoms with E-state index in [1.807, 2.05) is 13.3 Å². The van der Waals surface area contributed by atoms with E-state index in [2.05, 4.69) is 52.0 Å². The maximum absolute atomic E-state index is 12.2. The first-order valence-corrected chi connectivity index (χ1v) is 9.97. The molecular weight excluding hydrogens is 356 g/mol. The molecule has 0 saturated heterocycles. The molecule has 7 nitrogen and oxygen atoms in total. The minimum absolute atomic E-state index is 0.0236. The van der Waals surface area contributed by atoms with Crippen LogP contribution in [0.5, 0.6) is 0 Å². The van der Waals surface area contributed by atoms with Gasteiger partial charge in [-0.1, -0.05) is 43.9 Å². The monoisotopic (exact) mass is 378 g/mol. The van der Waals surface area contributed by atoms with Gasteiger partial charge in [0.2, 0.25) is 4.96 Å². The Morgan fingerprint density at radius 2 is 2.08 bits per heavy atom. The average Bonchev–Trinajstić information content (AvgIpc) is 3.13. The van der Waals surface area contributed by atoms with Crippen molar-refractivity contribution in [2.24, 2.45) is 0 Å². The van der Waals surface area contributed by atoms with E-state index in [1.54, 1.807) is 6.07 Å². The van der Waals surface area contributed by atoms with E-state index in [1.165, 1.54) is 27.6 Å². The van der Waals surface area contributed by atoms with Gasteiger partial charge in [-0.3, -0.25) is 14.8 Å². The van der Waals surface area contributed by atoms with E-state index in [9.17, 15) is 4.79 Å². The Morgan fingerprint density at radius 1 is 1.32 bits per heavy atom. The largest absolute Gasteiger partial charge is 0.295 e. The Labute approximate surface area is 154 Å². The zero-order valence-electron chi connectivity index (χ0n) is 15.0. The first-order chi connectivity index (χ1) is 11.8. The number of rotatable bonds is 5. The summed E-state index contributed by atoms with van der Waals surface area (Å²) in [6.45, 7) is 7.72. The molecule has 3 heterocycles. The molecule has 0 aliphatic heterocycles. The van der Waals surface area contributed by atoms with E-state index in [4.69, 9.17) is 0 Å². The molecule has 0 saturated carbocycles. The average molecular weight is 379 g/mol. The standard InChI is InChI=1S/C16H22N6OS2/c1-16(2,3)12-6-11(18-19-12)9-21(4)8-10-7-13(23)22-14(17-10)25-15(20-22)24-5/h6-7H,8-9H2,1-5H3,(H,18,19). The van der Waals surface area contributed by atoms with Crippen LogP contribution in [0.3, 0.4) is 0 Å². The highest BCUT2D eigenvalue weighted by Gasteiger charge is 2.18. The van der Waals surface area contributed by atoms with Crippen molar-refractivity contribution in [3.63, 3.8) is 0 Å². The fourth-order valence-corrected chi connectivity index (χ4v) is 3.83. The summed E-state index contributed by atoms with van der Waals surface area (Å²) in [7, 11) is 2.00. The Balaban J connectivity index is 1.74. The number of H-pyrrole nitrogens is 1. The second-order valence-corrected chi connectivity index (χ2v) is 9.06. The van der Waals surface area contributed by atoms with Crippen LogP contribution in [0.1, 0.15) is 37.9 Å². The number of hydrogen-bond donors (Lipinski definition) is 1. The summed E-state index contributed by atoms with van der Waals surface area (Å²) in [4.78, 5) is 19.5. The summed E-state index contributed by atoms with van der Waals surface area (Å²) in [6, 6.07) is 3.65. The molecule has 9 heteroatoms. The maximum Gasteiger partial charge on any atom is 0.275 e. The first-order valence-electron chi connectivity index (χ1n) is 7.93. The van der Waals surface area contributed by atoms with Crippen LogP contribution in [-0.4, -0.2) is 43.0 Å². The Hall–Kier alpha value is -1.71. The fraction of sp³-hybridized carbons (Fsp3) is 0.500. The summed E-state index contributed by atoms with van der Waals surface area (Å²) < 4.78 is 2.20. The van der Waals surface area contributed by atoms with Crippen molar-refractivity contribution in [3.8, 4) is 0 Å². The second kappa shape index (κ2) is 6.89. The highest BCUT2D eigenvalue weighted by molar-refractivity contribution is 8.00. The van der Waals surface area contributed by atoms with Gasteiger partial charge in [0.15, 0.2) is 4.34 Å². The molecule has 0 unspecified atom stereocenters. The van der Waals surface area contributed by atoms with Gasteiger partial charge in [0.1, 0.15) is 0 Å². The quantitative estimate of drug-likeness (QED) is 0.687. The molecule has 0 amide bonds. The zero-order valence-corrected chi connectivity index (χ0v) is 16.7. The van der Waals surface area contributed by atoms with Gasteiger partial charge in [-0.05, 0) is 19.4 Å². The number of nitrogens with zero attached hydrogens (tertiary/aromatic N) is 5. The van der Waals surface area contributed by atoms with Crippen molar-refractivity contribution < 1.29 is 0 Å². The molecule has 134 valence electrons. The normalized spacial score (nSPS) is 12.4. The Morgan fingerprint density at radius 3 is 2.72 bits per heavy atom. The summed E-state index contributed by atoms with van der Waals surface area (Å²) in [5, 5.41) is 11.7. The minimum Gasteiger partial charge on any atom is -0.295 e. The molecule has 3 rings (SSSR count). The van der Waals surface area contributed by atoms with Crippen molar-refractivity contribution >= 4 is 28.1 Å². The summed E-state index contributed by atoms with van der Waals surface area (Å²) in [5.74, 6) is 0. The van der Waals surface area contributed by atoms with E-state index in [0.717, 1.165) is 21.4 Å². The lowest BCUT2D eigenvalue weighted by atomic mass is 9.92. The van der Waals surface area contributed by atoms with Gasteiger partial charge < -0.3 is 0 Å². The van der Waals surface area contributed by atoms with Crippen LogP contribution in [0, 0.1) is 0 Å². The SMILES string of the molecule is CSc1nn2c(=O)cc(CN(C)Cc3cc(C(C)(C)C)n[nH]3)nc2s1. The highest BCUT2D eigenvalue weighted by atomic mass is 32.2. The van der Waals surface area contributed by atoms with Crippen molar-refractivity contribution in [3.05, 3.63) is 39.6 Å². The summed E-state index contributed by atoms with van der Waals surface area (Å²) >= 11 is 2.95. The molecule has 3 aromatic heterocycles. The van der Waals surface area contributed by atoms with Gasteiger partial charge >= 0.3 is 0 Å². The molecule has 1 N–H and O–H groups in total. The molecular formula is C16H22N6OS2. The molecule has 3 aromatic rings. The molecule has 0 bridgehead atoms. The van der Waals surface area contributed by atoms with Crippen molar-refractivity contribution in [1.82, 2.24) is 29.7 Å². The highest BCUT2D eigenvalue weighted by Crippen LogP contribution is 2.22. The Bertz CT molecular complexity index is 936. The zero-order chi connectivity index (χ0) is 18.2. The van der Waals surface area contributed by atoms with Crippen molar-refractivity contribution in [2.45, 2.75) is 43.6 Å². The smallest absolute Gasteiger partial charge is 0.275 e. The van der Waals surface area contributed by atoms with Gasteiger partial charge in [-0.2, -0.15) is 9.61 Å². The number of nitrogens with one attached hydrogen (secondary N) is 1. The van der Waals surface area contributed by atoms with Crippen LogP contribution in [0.4, 0.5) is 0 Å². The van der Waals surface area contributed by atoms with E-state index < -0.39 is 0 Å². The first kappa shape index (κ1) is 18.1. The minimum atomic E-state index is -0.137. The van der Waals surface area contributed by atoms with Crippen LogP contribution in [-0.2, 0) is 18.5 Å². The topological polar surface area (TPSA) is 79.2 Å². The summed E-state index contributed by atoms with van der Waals surface area (Å²) in [6.07, 6.45) is 1.94. The van der Waals surface area contributed by atoms with E-state index in [-0.39, 0.29) is 11.0 Å². The van der Waals surface area contributed by atoms with Gasteiger partial charge in [0.05, 0.1) is 11.4 Å². The number of thioether (sulfide) groups is 1. The number of aromatic nitrogens is 5. The lowest BCUT2D eigenvalue weighted by Gasteiger charge is -2.15. The van der Waals surface area contributed by atoms with Gasteiger partial charge in [0, 0.05) is 30.3 Å². The van der Waals surface area contributed by atoms with Crippen LogP contribution in [0.25, 0.3) is 4.96 Å². The number of hydrogen-bond acceptors (Lipinski definition) is 7. The molecule has 25 heavy (non-hydrogen) atoms. The second-order valence-electron chi connectivity index (χ2n) is 7.05. The lowest BCUT2D eigenvalue weighted by Crippen LogP contribution is -2.22. The van der Waals surface area contributed by atoms with Gasteiger partial charge in [-0.25, -0.2) is 4.98 Å². The molecule has 0 aliphatic rings. The Kier molecular flexibility index (Phi) is 4.99. The fourth-order valence-electron chi connectivity index (χ4n) is 2.45. The predicted octanol–water partition coefficient (Wildman–Crippen LogP) is 2.53. The van der Waals surface area contributed by atoms with E-state index in [0.29, 0.717) is 18.1 Å². The van der Waals surface area contributed by atoms with Gasteiger partial charge in [-0.15, -0.1) is 5.10 Å². The molecule has 0 aromatic carbocycles.